The van der Waals surface area contributed by atoms with Gasteiger partial charge in [0.1, 0.15) is 11.9 Å². The maximum absolute atomic E-state index is 5.57. The minimum Gasteiger partial charge on any atom is -0.378 e. The van der Waals surface area contributed by atoms with E-state index in [9.17, 15) is 0 Å². The van der Waals surface area contributed by atoms with Crippen LogP contribution in [0.5, 0.6) is 0 Å². The third-order valence-electron chi connectivity index (χ3n) is 2.70. The van der Waals surface area contributed by atoms with Crippen molar-refractivity contribution in [2.24, 2.45) is 5.41 Å². The normalized spacial score (nSPS) is 13.4. The number of methoxy groups -OCH3 is 2. The molecule has 0 fully saturated rings. The number of hydrogen-bond acceptors (Lipinski definition) is 5. The molecule has 0 saturated carbocycles. The summed E-state index contributed by atoms with van der Waals surface area (Å²) in [5.74, 6) is 1.51. The third kappa shape index (κ3) is 4.44. The van der Waals surface area contributed by atoms with Crippen LogP contribution in [0, 0.1) is 5.41 Å². The smallest absolute Gasteiger partial charge is 0.160 e. The zero-order valence-corrected chi connectivity index (χ0v) is 12.8. The number of nitrogens with one attached hydrogen (secondary N) is 1. The Bertz CT molecular complexity index is 378. The standard InChI is InChI=1S/C14H25N3O2/c1-7-15-11-8-10(9-18-5)16-13(17-11)12(19-6)14(2,3)4/h8,12H,7,9H2,1-6H3,(H,15,16,17). The van der Waals surface area contributed by atoms with Crippen LogP contribution in [0.2, 0.25) is 0 Å². The Balaban J connectivity index is 3.16. The van der Waals surface area contributed by atoms with E-state index in [2.05, 4.69) is 36.1 Å². The quantitative estimate of drug-likeness (QED) is 0.859. The molecule has 108 valence electrons. The lowest BCUT2D eigenvalue weighted by atomic mass is 9.88. The molecule has 5 nitrogen and oxygen atoms in total. The first kappa shape index (κ1) is 15.9. The van der Waals surface area contributed by atoms with Gasteiger partial charge in [0, 0.05) is 26.8 Å². The van der Waals surface area contributed by atoms with Crippen LogP contribution in [0.1, 0.15) is 45.3 Å². The molecule has 1 heterocycles. The van der Waals surface area contributed by atoms with E-state index in [1.807, 2.05) is 13.0 Å². The van der Waals surface area contributed by atoms with Crippen LogP contribution >= 0.6 is 0 Å². The van der Waals surface area contributed by atoms with E-state index >= 15 is 0 Å². The summed E-state index contributed by atoms with van der Waals surface area (Å²) in [6, 6.07) is 1.91. The van der Waals surface area contributed by atoms with E-state index in [-0.39, 0.29) is 11.5 Å². The summed E-state index contributed by atoms with van der Waals surface area (Å²) in [6.07, 6.45) is -0.151. The van der Waals surface area contributed by atoms with Gasteiger partial charge in [0.15, 0.2) is 5.82 Å². The molecule has 19 heavy (non-hydrogen) atoms. The van der Waals surface area contributed by atoms with Crippen molar-refractivity contribution >= 4 is 5.82 Å². The Hall–Kier alpha value is -1.20. The second kappa shape index (κ2) is 6.82. The van der Waals surface area contributed by atoms with Crippen LogP contribution in [0.3, 0.4) is 0 Å². The lowest BCUT2D eigenvalue weighted by Gasteiger charge is -2.28. The van der Waals surface area contributed by atoms with Gasteiger partial charge in [-0.05, 0) is 12.3 Å². The molecule has 1 atom stereocenters. The fourth-order valence-electron chi connectivity index (χ4n) is 1.97. The Kier molecular flexibility index (Phi) is 5.69. The number of nitrogens with zero attached hydrogens (tertiary/aromatic N) is 2. The van der Waals surface area contributed by atoms with Crippen LogP contribution in [0.25, 0.3) is 0 Å². The average Bonchev–Trinajstić information content (AvgIpc) is 2.28. The first-order chi connectivity index (χ1) is 8.92. The molecule has 0 aromatic carbocycles. The molecule has 0 radical (unpaired) electrons. The monoisotopic (exact) mass is 267 g/mol. The summed E-state index contributed by atoms with van der Waals surface area (Å²) < 4.78 is 10.7. The molecule has 1 aromatic rings. The predicted molar refractivity (Wildman–Crippen MR) is 76.1 cm³/mol. The molecule has 0 aliphatic heterocycles. The summed E-state index contributed by atoms with van der Waals surface area (Å²) in [5, 5.41) is 3.21. The van der Waals surface area contributed by atoms with Gasteiger partial charge in [0.05, 0.1) is 12.3 Å². The Morgan fingerprint density at radius 3 is 2.42 bits per heavy atom. The molecule has 0 spiro atoms. The third-order valence-corrected chi connectivity index (χ3v) is 2.70. The molecule has 0 bridgehead atoms. The number of rotatable bonds is 6. The van der Waals surface area contributed by atoms with Crippen LogP contribution in [-0.4, -0.2) is 30.7 Å². The molecule has 0 aliphatic carbocycles. The van der Waals surface area contributed by atoms with Gasteiger partial charge in [-0.2, -0.15) is 0 Å². The van der Waals surface area contributed by atoms with Gasteiger partial charge in [0.2, 0.25) is 0 Å². The van der Waals surface area contributed by atoms with Gasteiger partial charge in [-0.25, -0.2) is 9.97 Å². The van der Waals surface area contributed by atoms with Crippen molar-refractivity contribution in [3.05, 3.63) is 17.6 Å². The predicted octanol–water partition coefficient (Wildman–Crippen LogP) is 2.79. The summed E-state index contributed by atoms with van der Waals surface area (Å²) >= 11 is 0. The van der Waals surface area contributed by atoms with E-state index in [0.29, 0.717) is 12.4 Å². The second-order valence-corrected chi connectivity index (χ2v) is 5.55. The topological polar surface area (TPSA) is 56.3 Å². The molecule has 1 aromatic heterocycles. The van der Waals surface area contributed by atoms with Crippen LogP contribution in [0.4, 0.5) is 5.82 Å². The maximum atomic E-state index is 5.57. The summed E-state index contributed by atoms with van der Waals surface area (Å²) in [7, 11) is 3.35. The molecule has 1 rings (SSSR count). The minimum absolute atomic E-state index is 0.0655. The Morgan fingerprint density at radius 1 is 1.26 bits per heavy atom. The van der Waals surface area contributed by atoms with Crippen molar-refractivity contribution in [3.63, 3.8) is 0 Å². The minimum atomic E-state index is -0.151. The highest BCUT2D eigenvalue weighted by atomic mass is 16.5. The van der Waals surface area contributed by atoms with Crippen LogP contribution in [0.15, 0.2) is 6.07 Å². The van der Waals surface area contributed by atoms with E-state index in [4.69, 9.17) is 9.47 Å². The summed E-state index contributed by atoms with van der Waals surface area (Å²) in [5.41, 5.74) is 0.791. The lowest BCUT2D eigenvalue weighted by molar-refractivity contribution is 0.00836. The maximum Gasteiger partial charge on any atom is 0.160 e. The van der Waals surface area contributed by atoms with Crippen molar-refractivity contribution in [2.75, 3.05) is 26.1 Å². The molecule has 0 aliphatic rings. The van der Waals surface area contributed by atoms with E-state index < -0.39 is 0 Å². The van der Waals surface area contributed by atoms with Crippen molar-refractivity contribution < 1.29 is 9.47 Å². The summed E-state index contributed by atoms with van der Waals surface area (Å²) in [6.45, 7) is 9.65. The number of anilines is 1. The molecule has 0 amide bonds. The highest BCUT2D eigenvalue weighted by molar-refractivity contribution is 5.36. The summed E-state index contributed by atoms with van der Waals surface area (Å²) in [4.78, 5) is 9.08. The first-order valence-corrected chi connectivity index (χ1v) is 6.55. The van der Waals surface area contributed by atoms with E-state index in [0.717, 1.165) is 18.1 Å². The second-order valence-electron chi connectivity index (χ2n) is 5.55. The van der Waals surface area contributed by atoms with Gasteiger partial charge >= 0.3 is 0 Å². The molecule has 1 N–H and O–H groups in total. The average molecular weight is 267 g/mol. The van der Waals surface area contributed by atoms with Crippen molar-refractivity contribution in [1.29, 1.82) is 0 Å². The highest BCUT2D eigenvalue weighted by Crippen LogP contribution is 2.34. The SMILES string of the molecule is CCNc1cc(COC)nc(C(OC)C(C)(C)C)n1. The van der Waals surface area contributed by atoms with Gasteiger partial charge in [-0.1, -0.05) is 20.8 Å². The highest BCUT2D eigenvalue weighted by Gasteiger charge is 2.29. The Labute approximate surface area is 115 Å². The van der Waals surface area contributed by atoms with Crippen molar-refractivity contribution in [3.8, 4) is 0 Å². The molecule has 1 unspecified atom stereocenters. The largest absolute Gasteiger partial charge is 0.378 e. The van der Waals surface area contributed by atoms with E-state index in [1.165, 1.54) is 0 Å². The zero-order valence-electron chi connectivity index (χ0n) is 12.8. The fourth-order valence-corrected chi connectivity index (χ4v) is 1.97. The van der Waals surface area contributed by atoms with Crippen LogP contribution in [-0.2, 0) is 16.1 Å². The zero-order chi connectivity index (χ0) is 14.5. The van der Waals surface area contributed by atoms with Gasteiger partial charge < -0.3 is 14.8 Å². The van der Waals surface area contributed by atoms with Gasteiger partial charge in [0.25, 0.3) is 0 Å². The van der Waals surface area contributed by atoms with E-state index in [1.54, 1.807) is 14.2 Å². The molecular weight excluding hydrogens is 242 g/mol. The molecular formula is C14H25N3O2. The Morgan fingerprint density at radius 2 is 1.95 bits per heavy atom. The number of aromatic nitrogens is 2. The fraction of sp³-hybridized carbons (Fsp3) is 0.714. The van der Waals surface area contributed by atoms with Gasteiger partial charge in [-0.3, -0.25) is 0 Å². The molecule has 0 saturated heterocycles. The number of ether oxygens (including phenoxy) is 2. The van der Waals surface area contributed by atoms with Crippen molar-refractivity contribution in [2.45, 2.75) is 40.4 Å². The first-order valence-electron chi connectivity index (χ1n) is 6.55. The number of hydrogen-bond donors (Lipinski definition) is 1. The molecule has 5 heteroatoms. The van der Waals surface area contributed by atoms with Gasteiger partial charge in [-0.15, -0.1) is 0 Å². The lowest BCUT2D eigenvalue weighted by Crippen LogP contribution is -2.23. The van der Waals surface area contributed by atoms with Crippen molar-refractivity contribution in [1.82, 2.24) is 9.97 Å². The van der Waals surface area contributed by atoms with Crippen LogP contribution < -0.4 is 5.32 Å².